The van der Waals surface area contributed by atoms with Crippen LogP contribution in [0.4, 0.5) is 13.2 Å². The van der Waals surface area contributed by atoms with E-state index in [2.05, 4.69) is 10.2 Å². The highest BCUT2D eigenvalue weighted by molar-refractivity contribution is 7.99. The number of nitrogens with zero attached hydrogens (tertiary/aromatic N) is 2. The minimum atomic E-state index is -4.14. The van der Waals surface area contributed by atoms with Crippen LogP contribution in [0.3, 0.4) is 0 Å². The highest BCUT2D eigenvalue weighted by Crippen LogP contribution is 2.42. The van der Waals surface area contributed by atoms with Crippen molar-refractivity contribution in [2.24, 2.45) is 5.92 Å². The van der Waals surface area contributed by atoms with E-state index in [4.69, 9.17) is 9.52 Å². The maximum absolute atomic E-state index is 12.5. The number of carbonyl (C=O) groups is 1. The van der Waals surface area contributed by atoms with Gasteiger partial charge in [-0.3, -0.25) is 4.79 Å². The van der Waals surface area contributed by atoms with Gasteiger partial charge in [0.05, 0.1) is 5.92 Å². The van der Waals surface area contributed by atoms with Crippen LogP contribution >= 0.6 is 11.8 Å². The van der Waals surface area contributed by atoms with Crippen molar-refractivity contribution < 1.29 is 27.5 Å². The summed E-state index contributed by atoms with van der Waals surface area (Å²) in [7, 11) is 0. The Kier molecular flexibility index (Phi) is 4.56. The van der Waals surface area contributed by atoms with Crippen molar-refractivity contribution in [1.82, 2.24) is 10.2 Å². The zero-order chi connectivity index (χ0) is 14.8. The van der Waals surface area contributed by atoms with E-state index in [1.165, 1.54) is 0 Å². The molecule has 5 nitrogen and oxygen atoms in total. The summed E-state index contributed by atoms with van der Waals surface area (Å²) in [6, 6.07) is 0. The molecule has 1 fully saturated rings. The Balaban J connectivity index is 1.89. The van der Waals surface area contributed by atoms with Gasteiger partial charge in [-0.05, 0) is 25.7 Å². The summed E-state index contributed by atoms with van der Waals surface area (Å²) in [5, 5.41) is 16.1. The average molecular weight is 310 g/mol. The van der Waals surface area contributed by atoms with Gasteiger partial charge in [0.15, 0.2) is 0 Å². The lowest BCUT2D eigenvalue weighted by Crippen LogP contribution is -2.27. The van der Waals surface area contributed by atoms with E-state index in [0.29, 0.717) is 18.7 Å². The average Bonchev–Trinajstić information content (AvgIpc) is 2.84. The third-order valence-corrected chi connectivity index (χ3v) is 4.08. The molecule has 112 valence electrons. The molecule has 0 aromatic carbocycles. The number of thioether (sulfide) groups is 1. The Morgan fingerprint density at radius 3 is 2.50 bits per heavy atom. The van der Waals surface area contributed by atoms with Gasteiger partial charge in [0.1, 0.15) is 5.75 Å². The van der Waals surface area contributed by atoms with Crippen LogP contribution in [0.2, 0.25) is 0 Å². The standard InChI is InChI=1S/C11H13F3N2O3S/c12-11(13,14)7-3-1-6(2-4-7)9-15-16-10(19-9)20-5-8(17)18/h6-7H,1-5H2,(H,17,18). The molecule has 1 heterocycles. The molecule has 0 spiro atoms. The third-order valence-electron chi connectivity index (χ3n) is 3.28. The first-order valence-corrected chi connectivity index (χ1v) is 7.09. The van der Waals surface area contributed by atoms with Gasteiger partial charge in [-0.1, -0.05) is 11.8 Å². The predicted octanol–water partition coefficient (Wildman–Crippen LogP) is 3.08. The fraction of sp³-hybridized carbons (Fsp3) is 0.727. The first-order valence-electron chi connectivity index (χ1n) is 6.11. The van der Waals surface area contributed by atoms with Crippen LogP contribution in [-0.2, 0) is 4.79 Å². The molecule has 0 bridgehead atoms. The summed E-state index contributed by atoms with van der Waals surface area (Å²) < 4.78 is 42.9. The monoisotopic (exact) mass is 310 g/mol. The van der Waals surface area contributed by atoms with Crippen molar-refractivity contribution in [2.75, 3.05) is 5.75 Å². The first-order chi connectivity index (χ1) is 9.36. The molecule has 1 aliphatic rings. The zero-order valence-electron chi connectivity index (χ0n) is 10.4. The van der Waals surface area contributed by atoms with Crippen molar-refractivity contribution in [3.05, 3.63) is 5.89 Å². The Morgan fingerprint density at radius 1 is 1.30 bits per heavy atom. The molecule has 1 aromatic rings. The highest BCUT2D eigenvalue weighted by atomic mass is 32.2. The number of carboxylic acid groups (broad SMARTS) is 1. The van der Waals surface area contributed by atoms with Crippen LogP contribution in [0.15, 0.2) is 9.64 Å². The summed E-state index contributed by atoms with van der Waals surface area (Å²) in [6.45, 7) is 0. The molecule has 1 aromatic heterocycles. The second-order valence-electron chi connectivity index (χ2n) is 4.68. The molecule has 9 heteroatoms. The zero-order valence-corrected chi connectivity index (χ0v) is 11.2. The quantitative estimate of drug-likeness (QED) is 0.861. The van der Waals surface area contributed by atoms with Crippen LogP contribution in [0.25, 0.3) is 0 Å². The minimum absolute atomic E-state index is 0.0636. The van der Waals surface area contributed by atoms with E-state index >= 15 is 0 Å². The predicted molar refractivity (Wildman–Crippen MR) is 63.4 cm³/mol. The van der Waals surface area contributed by atoms with Gasteiger partial charge in [-0.2, -0.15) is 13.2 Å². The molecular formula is C11H13F3N2O3S. The van der Waals surface area contributed by atoms with Gasteiger partial charge in [-0.25, -0.2) is 0 Å². The van der Waals surface area contributed by atoms with Crippen LogP contribution < -0.4 is 0 Å². The van der Waals surface area contributed by atoms with E-state index in [1.54, 1.807) is 0 Å². The van der Waals surface area contributed by atoms with Crippen molar-refractivity contribution in [3.63, 3.8) is 0 Å². The number of hydrogen-bond acceptors (Lipinski definition) is 5. The number of aliphatic carboxylic acids is 1. The minimum Gasteiger partial charge on any atom is -0.481 e. The first kappa shape index (κ1) is 15.1. The summed E-state index contributed by atoms with van der Waals surface area (Å²) in [5.74, 6) is -2.30. The molecule has 1 saturated carbocycles. The molecule has 20 heavy (non-hydrogen) atoms. The normalized spacial score (nSPS) is 23.8. The van der Waals surface area contributed by atoms with Crippen molar-refractivity contribution in [2.45, 2.75) is 43.0 Å². The molecule has 0 aliphatic heterocycles. The highest BCUT2D eigenvalue weighted by Gasteiger charge is 2.42. The lowest BCUT2D eigenvalue weighted by molar-refractivity contribution is -0.182. The molecule has 0 amide bonds. The topological polar surface area (TPSA) is 76.2 Å². The SMILES string of the molecule is O=C(O)CSc1nnc(C2CCC(C(F)(F)F)CC2)o1. The van der Waals surface area contributed by atoms with Gasteiger partial charge in [-0.15, -0.1) is 10.2 Å². The smallest absolute Gasteiger partial charge is 0.391 e. The second-order valence-corrected chi connectivity index (χ2v) is 5.61. The second kappa shape index (κ2) is 6.02. The van der Waals surface area contributed by atoms with Gasteiger partial charge < -0.3 is 9.52 Å². The van der Waals surface area contributed by atoms with Crippen molar-refractivity contribution in [1.29, 1.82) is 0 Å². The van der Waals surface area contributed by atoms with Crippen LogP contribution in [-0.4, -0.2) is 33.2 Å². The van der Waals surface area contributed by atoms with Crippen molar-refractivity contribution >= 4 is 17.7 Å². The van der Waals surface area contributed by atoms with Crippen LogP contribution in [0.5, 0.6) is 0 Å². The number of alkyl halides is 3. The summed E-state index contributed by atoms with van der Waals surface area (Å²) >= 11 is 0.898. The van der Waals surface area contributed by atoms with Gasteiger partial charge in [0.25, 0.3) is 5.22 Å². The van der Waals surface area contributed by atoms with E-state index in [9.17, 15) is 18.0 Å². The Bertz CT molecular complexity index is 470. The van der Waals surface area contributed by atoms with Crippen LogP contribution in [0, 0.1) is 5.92 Å². The third kappa shape index (κ3) is 3.87. The van der Waals surface area contributed by atoms with Gasteiger partial charge in [0, 0.05) is 5.92 Å². The lowest BCUT2D eigenvalue weighted by atomic mass is 9.81. The molecule has 1 aliphatic carbocycles. The van der Waals surface area contributed by atoms with Crippen molar-refractivity contribution in [3.8, 4) is 0 Å². The summed E-state index contributed by atoms with van der Waals surface area (Å²) in [6.07, 6.45) is -3.30. The van der Waals surface area contributed by atoms with E-state index < -0.39 is 18.1 Å². The number of rotatable bonds is 4. The number of hydrogen-bond donors (Lipinski definition) is 1. The number of aromatic nitrogens is 2. The number of halogens is 3. The lowest BCUT2D eigenvalue weighted by Gasteiger charge is -2.27. The van der Waals surface area contributed by atoms with Gasteiger partial charge in [0.2, 0.25) is 5.89 Å². The number of carboxylic acids is 1. The Morgan fingerprint density at radius 2 is 1.95 bits per heavy atom. The Hall–Kier alpha value is -1.25. The molecule has 2 rings (SSSR count). The Labute approximate surface area is 116 Å². The largest absolute Gasteiger partial charge is 0.481 e. The molecule has 0 unspecified atom stereocenters. The summed E-state index contributed by atoms with van der Waals surface area (Å²) in [5.41, 5.74) is 0. The van der Waals surface area contributed by atoms with E-state index in [1.807, 2.05) is 0 Å². The fourth-order valence-electron chi connectivity index (χ4n) is 2.23. The summed E-state index contributed by atoms with van der Waals surface area (Å²) in [4.78, 5) is 10.4. The van der Waals surface area contributed by atoms with E-state index in [0.717, 1.165) is 11.8 Å². The fourth-order valence-corrected chi connectivity index (χ4v) is 2.72. The van der Waals surface area contributed by atoms with Crippen LogP contribution in [0.1, 0.15) is 37.5 Å². The molecular weight excluding hydrogens is 297 g/mol. The molecule has 0 radical (unpaired) electrons. The molecule has 1 N–H and O–H groups in total. The maximum Gasteiger partial charge on any atom is 0.391 e. The van der Waals surface area contributed by atoms with E-state index in [-0.39, 0.29) is 29.7 Å². The molecule has 0 atom stereocenters. The maximum atomic E-state index is 12.5. The van der Waals surface area contributed by atoms with Gasteiger partial charge >= 0.3 is 12.1 Å². The molecule has 0 saturated heterocycles.